The predicted molar refractivity (Wildman–Crippen MR) is 72.2 cm³/mol. The average Bonchev–Trinajstić information content (AvgIpc) is 3.04. The molecule has 0 N–H and O–H groups in total. The molecule has 1 aliphatic carbocycles. The van der Waals surface area contributed by atoms with Gasteiger partial charge < -0.3 is 4.90 Å². The summed E-state index contributed by atoms with van der Waals surface area (Å²) in [4.78, 5) is 3.69. The van der Waals surface area contributed by atoms with Gasteiger partial charge in [-0.1, -0.05) is 12.1 Å². The molecule has 0 heterocycles. The van der Waals surface area contributed by atoms with Gasteiger partial charge in [-0.2, -0.15) is 0 Å². The van der Waals surface area contributed by atoms with Gasteiger partial charge >= 0.3 is 0 Å². The molecule has 0 aromatic heterocycles. The molecule has 2 heteroatoms. The lowest BCUT2D eigenvalue weighted by Gasteiger charge is -2.09. The van der Waals surface area contributed by atoms with Gasteiger partial charge in [-0.3, -0.25) is 0 Å². The van der Waals surface area contributed by atoms with Gasteiger partial charge in [0.2, 0.25) is 0 Å². The Morgan fingerprint density at radius 3 is 2.44 bits per heavy atom. The van der Waals surface area contributed by atoms with Crippen molar-refractivity contribution < 1.29 is 0 Å². The summed E-state index contributed by atoms with van der Waals surface area (Å²) in [5, 5.41) is 0.916. The van der Waals surface area contributed by atoms with Crippen molar-refractivity contribution in [3.8, 4) is 0 Å². The van der Waals surface area contributed by atoms with E-state index in [1.165, 1.54) is 42.7 Å². The number of benzene rings is 1. The van der Waals surface area contributed by atoms with Crippen LogP contribution in [-0.4, -0.2) is 30.8 Å². The summed E-state index contributed by atoms with van der Waals surface area (Å²) in [5.74, 6) is 0. The Labute approximate surface area is 103 Å². The maximum Gasteiger partial charge on any atom is 0.00952 e. The zero-order valence-electron chi connectivity index (χ0n) is 10.3. The van der Waals surface area contributed by atoms with Gasteiger partial charge in [0.15, 0.2) is 0 Å². The van der Waals surface area contributed by atoms with Gasteiger partial charge in [0.1, 0.15) is 0 Å². The fourth-order valence-electron chi connectivity index (χ4n) is 1.71. The molecular weight excluding hydrogens is 214 g/mol. The van der Waals surface area contributed by atoms with Crippen LogP contribution in [0.4, 0.5) is 0 Å². The average molecular weight is 235 g/mol. The second kappa shape index (κ2) is 5.74. The zero-order chi connectivity index (χ0) is 11.4. The van der Waals surface area contributed by atoms with Crippen LogP contribution in [0.2, 0.25) is 0 Å². The van der Waals surface area contributed by atoms with Gasteiger partial charge in [-0.25, -0.2) is 0 Å². The molecule has 0 aliphatic heterocycles. The summed E-state index contributed by atoms with van der Waals surface area (Å²) in [6, 6.07) is 9.16. The van der Waals surface area contributed by atoms with Crippen LogP contribution >= 0.6 is 11.8 Å². The van der Waals surface area contributed by atoms with Crippen LogP contribution in [0.15, 0.2) is 29.2 Å². The van der Waals surface area contributed by atoms with Gasteiger partial charge in [-0.05, 0) is 64.0 Å². The van der Waals surface area contributed by atoms with Crippen molar-refractivity contribution in [1.82, 2.24) is 4.90 Å². The number of aryl methyl sites for hydroxylation is 1. The van der Waals surface area contributed by atoms with Gasteiger partial charge in [0.05, 0.1) is 0 Å². The smallest absolute Gasteiger partial charge is 0.00952 e. The maximum atomic E-state index is 2.29. The van der Waals surface area contributed by atoms with E-state index in [9.17, 15) is 0 Å². The third-order valence-electron chi connectivity index (χ3n) is 2.82. The minimum Gasteiger partial charge on any atom is -0.309 e. The number of nitrogens with zero attached hydrogens (tertiary/aromatic N) is 1. The highest BCUT2D eigenvalue weighted by Gasteiger charge is 2.22. The highest BCUT2D eigenvalue weighted by Crippen LogP contribution is 2.38. The number of hydrogen-bond acceptors (Lipinski definition) is 2. The van der Waals surface area contributed by atoms with E-state index in [2.05, 4.69) is 43.3 Å². The van der Waals surface area contributed by atoms with Crippen molar-refractivity contribution >= 4 is 11.8 Å². The van der Waals surface area contributed by atoms with Gasteiger partial charge in [0.25, 0.3) is 0 Å². The van der Waals surface area contributed by atoms with E-state index >= 15 is 0 Å². The summed E-state index contributed by atoms with van der Waals surface area (Å²) in [7, 11) is 4.27. The van der Waals surface area contributed by atoms with E-state index in [-0.39, 0.29) is 0 Å². The largest absolute Gasteiger partial charge is 0.309 e. The van der Waals surface area contributed by atoms with Gasteiger partial charge in [-0.15, -0.1) is 11.8 Å². The Bertz CT molecular complexity index is 314. The monoisotopic (exact) mass is 235 g/mol. The molecule has 1 aromatic rings. The third kappa shape index (κ3) is 4.18. The molecule has 0 amide bonds. The van der Waals surface area contributed by atoms with E-state index in [1.807, 2.05) is 11.8 Å². The Balaban J connectivity index is 1.77. The molecule has 0 saturated heterocycles. The first kappa shape index (κ1) is 12.0. The first-order chi connectivity index (χ1) is 7.74. The summed E-state index contributed by atoms with van der Waals surface area (Å²) >= 11 is 2.04. The van der Waals surface area contributed by atoms with Crippen molar-refractivity contribution in [2.45, 2.75) is 35.8 Å². The molecule has 16 heavy (non-hydrogen) atoms. The molecule has 1 aromatic carbocycles. The standard InChI is InChI=1S/C14H21NS/c1-15(2)11-3-4-12-5-7-13(8-6-12)16-14-9-10-14/h5-8,14H,3-4,9-11H2,1-2H3. The first-order valence-electron chi connectivity index (χ1n) is 6.14. The lowest BCUT2D eigenvalue weighted by molar-refractivity contribution is 0.400. The van der Waals surface area contributed by atoms with Crippen molar-refractivity contribution in [1.29, 1.82) is 0 Å². The predicted octanol–water partition coefficient (Wildman–Crippen LogP) is 3.44. The van der Waals surface area contributed by atoms with Crippen LogP contribution in [0.3, 0.4) is 0 Å². The lowest BCUT2D eigenvalue weighted by atomic mass is 10.1. The molecule has 0 spiro atoms. The number of rotatable bonds is 6. The summed E-state index contributed by atoms with van der Waals surface area (Å²) in [6.45, 7) is 1.18. The Hall–Kier alpha value is -0.470. The zero-order valence-corrected chi connectivity index (χ0v) is 11.1. The molecule has 1 fully saturated rings. The van der Waals surface area contributed by atoms with Crippen molar-refractivity contribution in [3.05, 3.63) is 29.8 Å². The molecule has 1 nitrogen and oxygen atoms in total. The van der Waals surface area contributed by atoms with Crippen molar-refractivity contribution in [3.63, 3.8) is 0 Å². The molecule has 1 saturated carbocycles. The molecule has 0 bridgehead atoms. The van der Waals surface area contributed by atoms with E-state index in [0.29, 0.717) is 0 Å². The Morgan fingerprint density at radius 1 is 1.19 bits per heavy atom. The van der Waals surface area contributed by atoms with Gasteiger partial charge in [0, 0.05) is 10.1 Å². The molecule has 2 rings (SSSR count). The Morgan fingerprint density at radius 2 is 1.88 bits per heavy atom. The summed E-state index contributed by atoms with van der Waals surface area (Å²) in [5.41, 5.74) is 1.47. The molecule has 0 radical (unpaired) electrons. The molecular formula is C14H21NS. The fraction of sp³-hybridized carbons (Fsp3) is 0.571. The second-order valence-corrected chi connectivity index (χ2v) is 6.24. The van der Waals surface area contributed by atoms with E-state index in [1.54, 1.807) is 0 Å². The highest BCUT2D eigenvalue weighted by molar-refractivity contribution is 8.00. The minimum atomic E-state index is 0.916. The maximum absolute atomic E-state index is 2.29. The highest BCUT2D eigenvalue weighted by atomic mass is 32.2. The quantitative estimate of drug-likeness (QED) is 0.743. The first-order valence-corrected chi connectivity index (χ1v) is 7.02. The van der Waals surface area contributed by atoms with Crippen LogP contribution in [0.1, 0.15) is 24.8 Å². The van der Waals surface area contributed by atoms with E-state index in [4.69, 9.17) is 0 Å². The lowest BCUT2D eigenvalue weighted by Crippen LogP contribution is -2.13. The molecule has 88 valence electrons. The summed E-state index contributed by atoms with van der Waals surface area (Å²) in [6.07, 6.45) is 5.28. The normalized spacial score (nSPS) is 15.7. The molecule has 1 aliphatic rings. The van der Waals surface area contributed by atoms with Crippen molar-refractivity contribution in [2.24, 2.45) is 0 Å². The van der Waals surface area contributed by atoms with Crippen molar-refractivity contribution in [2.75, 3.05) is 20.6 Å². The molecule has 0 unspecified atom stereocenters. The minimum absolute atomic E-state index is 0.916. The van der Waals surface area contributed by atoms with E-state index < -0.39 is 0 Å². The molecule has 0 atom stereocenters. The van der Waals surface area contributed by atoms with Crippen LogP contribution in [-0.2, 0) is 6.42 Å². The number of thioether (sulfide) groups is 1. The SMILES string of the molecule is CN(C)CCCc1ccc(SC2CC2)cc1. The summed E-state index contributed by atoms with van der Waals surface area (Å²) < 4.78 is 0. The van der Waals surface area contributed by atoms with Crippen LogP contribution in [0, 0.1) is 0 Å². The van der Waals surface area contributed by atoms with Crippen LogP contribution in [0.25, 0.3) is 0 Å². The Kier molecular flexibility index (Phi) is 4.30. The number of hydrogen-bond donors (Lipinski definition) is 0. The fourth-order valence-corrected chi connectivity index (χ4v) is 2.76. The van der Waals surface area contributed by atoms with Crippen LogP contribution < -0.4 is 0 Å². The van der Waals surface area contributed by atoms with Crippen LogP contribution in [0.5, 0.6) is 0 Å². The third-order valence-corrected chi connectivity index (χ3v) is 4.17. The van der Waals surface area contributed by atoms with E-state index in [0.717, 1.165) is 5.25 Å². The second-order valence-electron chi connectivity index (χ2n) is 4.87. The topological polar surface area (TPSA) is 3.24 Å².